The lowest BCUT2D eigenvalue weighted by Crippen LogP contribution is -2.37. The van der Waals surface area contributed by atoms with Gasteiger partial charge < -0.3 is 25.8 Å². The summed E-state index contributed by atoms with van der Waals surface area (Å²) in [5.74, 6) is 0.691. The van der Waals surface area contributed by atoms with Gasteiger partial charge in [0, 0.05) is 49.8 Å². The number of nitrogens with one attached hydrogen (secondary N) is 5. The maximum atomic E-state index is 12.0. The zero-order chi connectivity index (χ0) is 25.2. The van der Waals surface area contributed by atoms with E-state index in [0.29, 0.717) is 24.8 Å². The van der Waals surface area contributed by atoms with Gasteiger partial charge in [0.25, 0.3) is 5.56 Å². The molecule has 3 unspecified atom stereocenters. The van der Waals surface area contributed by atoms with Gasteiger partial charge in [0.15, 0.2) is 0 Å². The van der Waals surface area contributed by atoms with E-state index in [1.54, 1.807) is 0 Å². The zero-order valence-corrected chi connectivity index (χ0v) is 20.7. The number of unbranched alkanes of at least 4 members (excludes halogenated alkanes) is 3. The van der Waals surface area contributed by atoms with Crippen LogP contribution >= 0.6 is 11.8 Å². The molecule has 3 heterocycles. The van der Waals surface area contributed by atoms with E-state index < -0.39 is 11.2 Å². The van der Waals surface area contributed by atoms with E-state index in [1.807, 2.05) is 11.8 Å². The van der Waals surface area contributed by atoms with Crippen LogP contribution in [0.2, 0.25) is 0 Å². The molecule has 11 nitrogen and oxygen atoms in total. The highest BCUT2D eigenvalue weighted by atomic mass is 32.2. The van der Waals surface area contributed by atoms with Crippen LogP contribution in [-0.2, 0) is 16.6 Å². The molecule has 3 atom stereocenters. The number of aromatic nitrogens is 2. The summed E-state index contributed by atoms with van der Waals surface area (Å²) in [5, 5.41) is 12.0. The topological polar surface area (TPSA) is 154 Å². The first-order valence-electron chi connectivity index (χ1n) is 12.0. The summed E-state index contributed by atoms with van der Waals surface area (Å²) in [6.07, 6.45) is 9.85. The summed E-state index contributed by atoms with van der Waals surface area (Å²) < 4.78 is 1.24. The van der Waals surface area contributed by atoms with Crippen molar-refractivity contribution in [3.8, 4) is 0 Å². The van der Waals surface area contributed by atoms with Gasteiger partial charge in [0.05, 0.1) is 17.6 Å². The molecule has 0 spiro atoms. The maximum absolute atomic E-state index is 12.0. The fourth-order valence-electron chi connectivity index (χ4n) is 4.16. The molecule has 4 amide bonds. The Morgan fingerprint density at radius 3 is 2.60 bits per heavy atom. The first-order valence-corrected chi connectivity index (χ1v) is 13.1. The van der Waals surface area contributed by atoms with Gasteiger partial charge in [-0.1, -0.05) is 12.8 Å². The summed E-state index contributed by atoms with van der Waals surface area (Å²) in [6, 6.07) is 0.313. The quantitative estimate of drug-likeness (QED) is 0.146. The Morgan fingerprint density at radius 2 is 1.83 bits per heavy atom. The Bertz CT molecular complexity index is 1050. The molecule has 35 heavy (non-hydrogen) atoms. The van der Waals surface area contributed by atoms with E-state index in [9.17, 15) is 24.0 Å². The molecule has 0 radical (unpaired) electrons. The van der Waals surface area contributed by atoms with Crippen molar-refractivity contribution >= 4 is 35.7 Å². The van der Waals surface area contributed by atoms with Gasteiger partial charge >= 0.3 is 11.7 Å². The van der Waals surface area contributed by atoms with E-state index in [0.717, 1.165) is 44.3 Å². The predicted molar refractivity (Wildman–Crippen MR) is 135 cm³/mol. The Hall–Kier alpha value is -3.02. The van der Waals surface area contributed by atoms with Crippen LogP contribution in [0.5, 0.6) is 0 Å². The fourth-order valence-corrected chi connectivity index (χ4v) is 5.71. The third-order valence-corrected chi connectivity index (χ3v) is 7.61. The summed E-state index contributed by atoms with van der Waals surface area (Å²) in [4.78, 5) is 60.5. The number of thioether (sulfide) groups is 1. The smallest absolute Gasteiger partial charge is 0.328 e. The van der Waals surface area contributed by atoms with Gasteiger partial charge in [-0.05, 0) is 31.8 Å². The molecule has 2 saturated heterocycles. The number of fused-ring (bicyclic) bond motifs is 1. The van der Waals surface area contributed by atoms with Crippen molar-refractivity contribution in [2.24, 2.45) is 7.05 Å². The summed E-state index contributed by atoms with van der Waals surface area (Å²) in [5.41, 5.74) is -0.811. The van der Waals surface area contributed by atoms with Crippen LogP contribution < -0.4 is 32.5 Å². The van der Waals surface area contributed by atoms with E-state index in [4.69, 9.17) is 0 Å². The SMILES string of the molecule is Cn1cc(/C=C/C(=O)NCCCCCCNC(=O)CCCC2SCC3NC(=O)NC32)c(=O)[nH]c1=O. The summed E-state index contributed by atoms with van der Waals surface area (Å²) in [6.45, 7) is 1.17. The average Bonchev–Trinajstić information content (AvgIpc) is 3.36. The highest BCUT2D eigenvalue weighted by Crippen LogP contribution is 2.32. The molecule has 3 rings (SSSR count). The van der Waals surface area contributed by atoms with Crippen molar-refractivity contribution in [3.63, 3.8) is 0 Å². The molecule has 0 saturated carbocycles. The monoisotopic (exact) mass is 506 g/mol. The number of H-pyrrole nitrogens is 1. The number of aryl methyl sites for hydroxylation is 1. The number of hydrogen-bond donors (Lipinski definition) is 5. The molecule has 2 aliphatic rings. The summed E-state index contributed by atoms with van der Waals surface area (Å²) >= 11 is 1.86. The van der Waals surface area contributed by atoms with Gasteiger partial charge in [-0.2, -0.15) is 11.8 Å². The van der Waals surface area contributed by atoms with Gasteiger partial charge in [-0.15, -0.1) is 0 Å². The standard InChI is InChI=1S/C23H34N6O5S/c1-29-13-15(21(32)28-23(29)34)9-10-19(31)25-12-5-3-2-4-11-24-18(30)8-6-7-17-20-16(14-35-17)26-22(33)27-20/h9-10,13,16-17,20H,2-8,11-12,14H2,1H3,(H,24,30)(H,25,31)(H2,26,27,33)(H,28,32,34)/b10-9+. The van der Waals surface area contributed by atoms with E-state index in [-0.39, 0.29) is 35.5 Å². The minimum Gasteiger partial charge on any atom is -0.356 e. The predicted octanol–water partition coefficient (Wildman–Crippen LogP) is 0.215. The molecule has 2 fully saturated rings. The summed E-state index contributed by atoms with van der Waals surface area (Å²) in [7, 11) is 1.52. The molecular weight excluding hydrogens is 472 g/mol. The van der Waals surface area contributed by atoms with Crippen LogP contribution in [0.15, 0.2) is 21.9 Å². The number of rotatable bonds is 13. The van der Waals surface area contributed by atoms with Gasteiger partial charge in [0.2, 0.25) is 11.8 Å². The second-order valence-electron chi connectivity index (χ2n) is 8.86. The third kappa shape index (κ3) is 8.30. The number of carbonyl (C=O) groups excluding carboxylic acids is 3. The van der Waals surface area contributed by atoms with Crippen molar-refractivity contribution in [3.05, 3.63) is 38.7 Å². The van der Waals surface area contributed by atoms with Crippen molar-refractivity contribution < 1.29 is 14.4 Å². The molecule has 1 aromatic rings. The number of hydrogen-bond acceptors (Lipinski definition) is 6. The van der Waals surface area contributed by atoms with Crippen LogP contribution in [0.4, 0.5) is 4.79 Å². The van der Waals surface area contributed by atoms with Crippen LogP contribution in [0.25, 0.3) is 6.08 Å². The highest BCUT2D eigenvalue weighted by molar-refractivity contribution is 8.00. The Balaban J connectivity index is 1.17. The molecule has 0 aliphatic carbocycles. The van der Waals surface area contributed by atoms with Crippen molar-refractivity contribution in [2.45, 2.75) is 62.3 Å². The first kappa shape index (κ1) is 26.6. The van der Waals surface area contributed by atoms with Crippen LogP contribution in [0.3, 0.4) is 0 Å². The molecule has 5 N–H and O–H groups in total. The third-order valence-electron chi connectivity index (χ3n) is 6.11. The number of carbonyl (C=O) groups is 3. The second-order valence-corrected chi connectivity index (χ2v) is 10.1. The molecular formula is C23H34N6O5S. The van der Waals surface area contributed by atoms with Crippen LogP contribution in [-0.4, -0.2) is 63.6 Å². The maximum Gasteiger partial charge on any atom is 0.328 e. The zero-order valence-electron chi connectivity index (χ0n) is 19.9. The van der Waals surface area contributed by atoms with E-state index in [2.05, 4.69) is 26.3 Å². The van der Waals surface area contributed by atoms with E-state index in [1.165, 1.54) is 30.0 Å². The number of nitrogens with zero attached hydrogens (tertiary/aromatic N) is 1. The lowest BCUT2D eigenvalue weighted by Gasteiger charge is -2.16. The van der Waals surface area contributed by atoms with Gasteiger partial charge in [-0.3, -0.25) is 19.4 Å². The van der Waals surface area contributed by atoms with Crippen LogP contribution in [0.1, 0.15) is 50.5 Å². The molecule has 192 valence electrons. The molecule has 0 bridgehead atoms. The van der Waals surface area contributed by atoms with Crippen molar-refractivity contribution in [2.75, 3.05) is 18.8 Å². The number of urea groups is 1. The molecule has 2 aliphatic heterocycles. The molecule has 0 aromatic carbocycles. The second kappa shape index (κ2) is 13.2. The molecule has 1 aromatic heterocycles. The van der Waals surface area contributed by atoms with Gasteiger partial charge in [0.1, 0.15) is 0 Å². The fraction of sp³-hybridized carbons (Fsp3) is 0.609. The Kier molecular flexibility index (Phi) is 10.0. The largest absolute Gasteiger partial charge is 0.356 e. The normalized spacial score (nSPS) is 20.9. The number of amides is 4. The van der Waals surface area contributed by atoms with E-state index >= 15 is 0 Å². The first-order chi connectivity index (χ1) is 16.8. The van der Waals surface area contributed by atoms with Crippen molar-refractivity contribution in [1.29, 1.82) is 0 Å². The lowest BCUT2D eigenvalue weighted by molar-refractivity contribution is -0.121. The minimum absolute atomic E-state index is 0.0644. The number of aromatic amines is 1. The Labute approximate surface area is 207 Å². The minimum atomic E-state index is -0.535. The lowest BCUT2D eigenvalue weighted by atomic mass is 10.0. The van der Waals surface area contributed by atoms with Gasteiger partial charge in [-0.25, -0.2) is 9.59 Å². The van der Waals surface area contributed by atoms with Crippen LogP contribution in [0, 0.1) is 0 Å². The Morgan fingerprint density at radius 1 is 1.09 bits per heavy atom. The average molecular weight is 507 g/mol. The van der Waals surface area contributed by atoms with Crippen molar-refractivity contribution in [1.82, 2.24) is 30.8 Å². The highest BCUT2D eigenvalue weighted by Gasteiger charge is 2.42. The molecule has 12 heteroatoms.